The van der Waals surface area contributed by atoms with Gasteiger partial charge in [-0.2, -0.15) is 0 Å². The zero-order valence-corrected chi connectivity index (χ0v) is 15.3. The third kappa shape index (κ3) is 6.02. The minimum Gasteiger partial charge on any atom is -0.469 e. The Bertz CT molecular complexity index is 649. The van der Waals surface area contributed by atoms with Crippen molar-refractivity contribution in [3.8, 4) is 0 Å². The quantitative estimate of drug-likeness (QED) is 0.623. The summed E-state index contributed by atoms with van der Waals surface area (Å²) in [6.07, 6.45) is 4.79. The lowest BCUT2D eigenvalue weighted by Gasteiger charge is -2.31. The highest BCUT2D eigenvalue weighted by atomic mass is 16.5. The molecule has 0 spiro atoms. The standard InChI is InChI=1S/C20H26N2O4/c1-15(14-19(24)26-2)21-20(25)17-10-12-22(13-11-17)18(23)9-8-16-6-4-3-5-7-16/h3-9,15,17H,10-14H2,1-2H3,(H,21,25)/b9-8+. The van der Waals surface area contributed by atoms with E-state index in [-0.39, 0.29) is 36.2 Å². The van der Waals surface area contributed by atoms with Gasteiger partial charge < -0.3 is 15.0 Å². The van der Waals surface area contributed by atoms with Gasteiger partial charge in [0.05, 0.1) is 13.5 Å². The highest BCUT2D eigenvalue weighted by molar-refractivity contribution is 5.92. The van der Waals surface area contributed by atoms with Gasteiger partial charge in [0.1, 0.15) is 0 Å². The second kappa shape index (κ2) is 9.75. The van der Waals surface area contributed by atoms with Gasteiger partial charge >= 0.3 is 5.97 Å². The van der Waals surface area contributed by atoms with Gasteiger partial charge in [-0.15, -0.1) is 0 Å². The number of carbonyl (C=O) groups excluding carboxylic acids is 3. The molecule has 0 saturated carbocycles. The number of methoxy groups -OCH3 is 1. The van der Waals surface area contributed by atoms with Crippen molar-refractivity contribution in [2.45, 2.75) is 32.2 Å². The molecule has 0 radical (unpaired) electrons. The van der Waals surface area contributed by atoms with Crippen LogP contribution < -0.4 is 5.32 Å². The largest absolute Gasteiger partial charge is 0.469 e. The van der Waals surface area contributed by atoms with Crippen LogP contribution in [-0.2, 0) is 19.1 Å². The first kappa shape index (κ1) is 19.7. The zero-order valence-electron chi connectivity index (χ0n) is 15.3. The van der Waals surface area contributed by atoms with Crippen molar-refractivity contribution in [3.63, 3.8) is 0 Å². The maximum atomic E-state index is 12.3. The summed E-state index contributed by atoms with van der Waals surface area (Å²) in [5.41, 5.74) is 0.981. The number of ether oxygens (including phenoxy) is 1. The van der Waals surface area contributed by atoms with Crippen LogP contribution in [0, 0.1) is 5.92 Å². The van der Waals surface area contributed by atoms with Crippen molar-refractivity contribution in [3.05, 3.63) is 42.0 Å². The van der Waals surface area contributed by atoms with Gasteiger partial charge in [0.15, 0.2) is 0 Å². The van der Waals surface area contributed by atoms with Crippen LogP contribution in [-0.4, -0.2) is 48.9 Å². The molecule has 0 aromatic heterocycles. The van der Waals surface area contributed by atoms with Crippen LogP contribution in [0.4, 0.5) is 0 Å². The Morgan fingerprint density at radius 2 is 1.88 bits per heavy atom. The number of likely N-dealkylation sites (tertiary alicyclic amines) is 1. The number of nitrogens with one attached hydrogen (secondary N) is 1. The second-order valence-corrected chi connectivity index (χ2v) is 6.53. The highest BCUT2D eigenvalue weighted by Gasteiger charge is 2.27. The van der Waals surface area contributed by atoms with Gasteiger partial charge in [0.2, 0.25) is 11.8 Å². The molecule has 1 aliphatic heterocycles. The molecule has 2 amide bonds. The molecule has 1 unspecified atom stereocenters. The fourth-order valence-electron chi connectivity index (χ4n) is 2.94. The van der Waals surface area contributed by atoms with Gasteiger partial charge in [-0.25, -0.2) is 0 Å². The Labute approximate surface area is 154 Å². The predicted molar refractivity (Wildman–Crippen MR) is 99.0 cm³/mol. The summed E-state index contributed by atoms with van der Waals surface area (Å²) in [7, 11) is 1.33. The first-order valence-electron chi connectivity index (χ1n) is 8.89. The highest BCUT2D eigenvalue weighted by Crippen LogP contribution is 2.18. The SMILES string of the molecule is COC(=O)CC(C)NC(=O)C1CCN(C(=O)/C=C/c2ccccc2)CC1. The number of hydrogen-bond acceptors (Lipinski definition) is 4. The van der Waals surface area contributed by atoms with Crippen molar-refractivity contribution < 1.29 is 19.1 Å². The maximum Gasteiger partial charge on any atom is 0.307 e. The van der Waals surface area contributed by atoms with Crippen molar-refractivity contribution in [1.82, 2.24) is 10.2 Å². The third-order valence-electron chi connectivity index (χ3n) is 4.48. The average molecular weight is 358 g/mol. The van der Waals surface area contributed by atoms with Crippen LogP contribution in [0.25, 0.3) is 6.08 Å². The Hall–Kier alpha value is -2.63. The molecular weight excluding hydrogens is 332 g/mol. The number of rotatable bonds is 6. The predicted octanol–water partition coefficient (Wildman–Crippen LogP) is 2.01. The fourth-order valence-corrected chi connectivity index (χ4v) is 2.94. The molecule has 0 bridgehead atoms. The Morgan fingerprint density at radius 3 is 2.50 bits per heavy atom. The molecule has 1 saturated heterocycles. The summed E-state index contributed by atoms with van der Waals surface area (Å²) >= 11 is 0. The number of benzene rings is 1. The van der Waals surface area contributed by atoms with Crippen molar-refractivity contribution in [1.29, 1.82) is 0 Å². The smallest absolute Gasteiger partial charge is 0.307 e. The van der Waals surface area contributed by atoms with E-state index in [4.69, 9.17) is 0 Å². The van der Waals surface area contributed by atoms with Crippen molar-refractivity contribution >= 4 is 23.9 Å². The van der Waals surface area contributed by atoms with Gasteiger partial charge in [-0.1, -0.05) is 30.3 Å². The lowest BCUT2D eigenvalue weighted by Crippen LogP contribution is -2.44. The number of carbonyl (C=O) groups is 3. The number of nitrogens with zero attached hydrogens (tertiary/aromatic N) is 1. The fraction of sp³-hybridized carbons (Fsp3) is 0.450. The van der Waals surface area contributed by atoms with Gasteiger partial charge in [0, 0.05) is 31.1 Å². The minimum absolute atomic E-state index is 0.0354. The van der Waals surface area contributed by atoms with Gasteiger partial charge in [-0.3, -0.25) is 14.4 Å². The lowest BCUT2D eigenvalue weighted by atomic mass is 9.95. The lowest BCUT2D eigenvalue weighted by molar-refractivity contribution is -0.141. The van der Waals surface area contributed by atoms with E-state index in [0.717, 1.165) is 5.56 Å². The van der Waals surface area contributed by atoms with Crippen LogP contribution in [0.5, 0.6) is 0 Å². The molecule has 1 aliphatic rings. The van der Waals surface area contributed by atoms with Crippen LogP contribution in [0.3, 0.4) is 0 Å². The van der Waals surface area contributed by atoms with E-state index >= 15 is 0 Å². The normalized spacial score (nSPS) is 16.3. The molecule has 6 heteroatoms. The van der Waals surface area contributed by atoms with Crippen molar-refractivity contribution in [2.24, 2.45) is 5.92 Å². The summed E-state index contributed by atoms with van der Waals surface area (Å²) in [5, 5.41) is 2.85. The molecule has 1 heterocycles. The number of hydrogen-bond donors (Lipinski definition) is 1. The molecule has 6 nitrogen and oxygen atoms in total. The molecule has 26 heavy (non-hydrogen) atoms. The zero-order chi connectivity index (χ0) is 18.9. The number of piperidine rings is 1. The van der Waals surface area contributed by atoms with E-state index < -0.39 is 0 Å². The molecule has 1 aromatic rings. The van der Waals surface area contributed by atoms with E-state index in [2.05, 4.69) is 10.1 Å². The van der Waals surface area contributed by atoms with E-state index in [1.54, 1.807) is 24.0 Å². The van der Waals surface area contributed by atoms with E-state index in [9.17, 15) is 14.4 Å². The molecule has 1 fully saturated rings. The third-order valence-corrected chi connectivity index (χ3v) is 4.48. The summed E-state index contributed by atoms with van der Waals surface area (Å²) in [6.45, 7) is 2.89. The Morgan fingerprint density at radius 1 is 1.23 bits per heavy atom. The Kier molecular flexibility index (Phi) is 7.38. The molecule has 1 aromatic carbocycles. The summed E-state index contributed by atoms with van der Waals surface area (Å²) in [6, 6.07) is 9.40. The van der Waals surface area contributed by atoms with Gasteiger partial charge in [-0.05, 0) is 31.4 Å². The molecule has 1 atom stereocenters. The average Bonchev–Trinajstić information content (AvgIpc) is 2.66. The first-order chi connectivity index (χ1) is 12.5. The van der Waals surface area contributed by atoms with Crippen LogP contribution in [0.1, 0.15) is 31.7 Å². The van der Waals surface area contributed by atoms with Crippen molar-refractivity contribution in [2.75, 3.05) is 20.2 Å². The number of esters is 1. The number of amides is 2. The van der Waals surface area contributed by atoms with E-state index in [1.807, 2.05) is 30.3 Å². The topological polar surface area (TPSA) is 75.7 Å². The molecule has 1 N–H and O–H groups in total. The molecule has 2 rings (SSSR count). The van der Waals surface area contributed by atoms with Crippen LogP contribution in [0.2, 0.25) is 0 Å². The maximum absolute atomic E-state index is 12.3. The second-order valence-electron chi connectivity index (χ2n) is 6.53. The van der Waals surface area contributed by atoms with E-state index in [0.29, 0.717) is 25.9 Å². The molecule has 140 valence electrons. The van der Waals surface area contributed by atoms with Gasteiger partial charge in [0.25, 0.3) is 0 Å². The summed E-state index contributed by atoms with van der Waals surface area (Å²) in [5.74, 6) is -0.569. The molecular formula is C20H26N2O4. The van der Waals surface area contributed by atoms with Crippen LogP contribution in [0.15, 0.2) is 36.4 Å². The first-order valence-corrected chi connectivity index (χ1v) is 8.89. The molecule has 0 aliphatic carbocycles. The monoisotopic (exact) mass is 358 g/mol. The van der Waals surface area contributed by atoms with E-state index in [1.165, 1.54) is 7.11 Å². The summed E-state index contributed by atoms with van der Waals surface area (Å²) in [4.78, 5) is 37.6. The Balaban J connectivity index is 1.77. The minimum atomic E-state index is -0.344. The summed E-state index contributed by atoms with van der Waals surface area (Å²) < 4.78 is 4.60. The van der Waals surface area contributed by atoms with Crippen LogP contribution >= 0.6 is 0 Å².